The summed E-state index contributed by atoms with van der Waals surface area (Å²) < 4.78 is 10.6. The van der Waals surface area contributed by atoms with E-state index in [1.807, 2.05) is 29.2 Å². The van der Waals surface area contributed by atoms with Crippen molar-refractivity contribution in [2.75, 3.05) is 49.8 Å². The number of fused-ring (bicyclic) bond motifs is 1. The molecule has 5 heteroatoms. The van der Waals surface area contributed by atoms with Crippen LogP contribution in [0.4, 0.5) is 11.4 Å². The highest BCUT2D eigenvalue weighted by atomic mass is 16.5. The molecule has 0 aromatic heterocycles. The second-order valence-electron chi connectivity index (χ2n) is 6.35. The quantitative estimate of drug-likeness (QED) is 0.863. The highest BCUT2D eigenvalue weighted by Gasteiger charge is 2.26. The predicted molar refractivity (Wildman–Crippen MR) is 97.8 cm³/mol. The highest BCUT2D eigenvalue weighted by molar-refractivity contribution is 6.07. The number of carbonyl (C=O) groups is 1. The molecule has 4 rings (SSSR count). The van der Waals surface area contributed by atoms with Crippen molar-refractivity contribution < 1.29 is 14.3 Å². The summed E-state index contributed by atoms with van der Waals surface area (Å²) in [6.45, 7) is 4.13. The summed E-state index contributed by atoms with van der Waals surface area (Å²) in [5.74, 6) is 0.800. The molecule has 2 aromatic rings. The molecular weight excluding hydrogens is 316 g/mol. The van der Waals surface area contributed by atoms with Gasteiger partial charge in [-0.3, -0.25) is 4.79 Å². The molecule has 25 heavy (non-hydrogen) atoms. The van der Waals surface area contributed by atoms with E-state index in [0.717, 1.165) is 50.7 Å². The molecule has 0 radical (unpaired) electrons. The van der Waals surface area contributed by atoms with E-state index in [1.165, 1.54) is 11.3 Å². The van der Waals surface area contributed by atoms with Gasteiger partial charge in [0.05, 0.1) is 20.3 Å². The van der Waals surface area contributed by atoms with Gasteiger partial charge >= 0.3 is 0 Å². The smallest absolute Gasteiger partial charge is 0.258 e. The number of nitrogens with zero attached hydrogens (tertiary/aromatic N) is 2. The van der Waals surface area contributed by atoms with Gasteiger partial charge in [-0.15, -0.1) is 0 Å². The van der Waals surface area contributed by atoms with Crippen LogP contribution in [0.5, 0.6) is 5.75 Å². The first kappa shape index (κ1) is 16.0. The van der Waals surface area contributed by atoms with Crippen molar-refractivity contribution in [1.29, 1.82) is 0 Å². The molecular formula is C20H22N2O3. The number of amides is 1. The number of rotatable bonds is 3. The molecule has 0 aliphatic carbocycles. The molecule has 1 saturated heterocycles. The molecule has 0 atom stereocenters. The third-order valence-electron chi connectivity index (χ3n) is 4.92. The van der Waals surface area contributed by atoms with Gasteiger partial charge in [-0.1, -0.05) is 0 Å². The monoisotopic (exact) mass is 338 g/mol. The number of morpholine rings is 1. The molecule has 1 fully saturated rings. The summed E-state index contributed by atoms with van der Waals surface area (Å²) in [6, 6.07) is 13.7. The van der Waals surface area contributed by atoms with Crippen LogP contribution < -0.4 is 14.5 Å². The lowest BCUT2D eigenvalue weighted by Gasteiger charge is -2.29. The Labute approximate surface area is 147 Å². The fourth-order valence-electron chi connectivity index (χ4n) is 3.51. The molecule has 5 nitrogen and oxygen atoms in total. The van der Waals surface area contributed by atoms with Gasteiger partial charge in [0.25, 0.3) is 5.91 Å². The van der Waals surface area contributed by atoms with Gasteiger partial charge < -0.3 is 19.3 Å². The Morgan fingerprint density at radius 1 is 1.04 bits per heavy atom. The Morgan fingerprint density at radius 2 is 1.80 bits per heavy atom. The molecule has 0 bridgehead atoms. The average molecular weight is 338 g/mol. The van der Waals surface area contributed by atoms with Crippen LogP contribution in [0.3, 0.4) is 0 Å². The van der Waals surface area contributed by atoms with Gasteiger partial charge in [-0.25, -0.2) is 0 Å². The molecule has 2 heterocycles. The zero-order valence-electron chi connectivity index (χ0n) is 14.4. The number of carbonyl (C=O) groups excluding carboxylic acids is 1. The lowest BCUT2D eigenvalue weighted by Crippen LogP contribution is -2.36. The van der Waals surface area contributed by atoms with Crippen LogP contribution in [0.1, 0.15) is 15.9 Å². The van der Waals surface area contributed by atoms with Crippen molar-refractivity contribution in [1.82, 2.24) is 0 Å². The first-order valence-electron chi connectivity index (χ1n) is 8.68. The van der Waals surface area contributed by atoms with E-state index in [9.17, 15) is 4.79 Å². The molecule has 0 N–H and O–H groups in total. The maximum atomic E-state index is 12.9. The van der Waals surface area contributed by atoms with Crippen molar-refractivity contribution in [3.63, 3.8) is 0 Å². The first-order chi connectivity index (χ1) is 12.3. The lowest BCUT2D eigenvalue weighted by atomic mass is 10.1. The van der Waals surface area contributed by atoms with E-state index in [1.54, 1.807) is 7.11 Å². The number of benzene rings is 2. The molecule has 130 valence electrons. The van der Waals surface area contributed by atoms with Crippen LogP contribution in [0.2, 0.25) is 0 Å². The third-order valence-corrected chi connectivity index (χ3v) is 4.92. The van der Waals surface area contributed by atoms with Gasteiger partial charge in [-0.05, 0) is 54.4 Å². The Morgan fingerprint density at radius 3 is 2.52 bits per heavy atom. The standard InChI is InChI=1S/C20H22N2O3/c1-24-18-5-2-15(3-6-18)20(23)22-9-8-16-14-17(4-7-19(16)22)21-10-12-25-13-11-21/h2-7,14H,8-13H2,1H3. The molecule has 0 spiro atoms. The van der Waals surface area contributed by atoms with E-state index < -0.39 is 0 Å². The molecule has 2 aliphatic rings. The van der Waals surface area contributed by atoms with E-state index >= 15 is 0 Å². The highest BCUT2D eigenvalue weighted by Crippen LogP contribution is 2.33. The number of ether oxygens (including phenoxy) is 2. The lowest BCUT2D eigenvalue weighted by molar-refractivity contribution is 0.0989. The second-order valence-corrected chi connectivity index (χ2v) is 6.35. The van der Waals surface area contributed by atoms with Gasteiger partial charge in [0.1, 0.15) is 5.75 Å². The minimum absolute atomic E-state index is 0.0422. The van der Waals surface area contributed by atoms with E-state index in [0.29, 0.717) is 5.56 Å². The van der Waals surface area contributed by atoms with Gasteiger partial charge in [0.2, 0.25) is 0 Å². The van der Waals surface area contributed by atoms with Crippen LogP contribution in [0.25, 0.3) is 0 Å². The average Bonchev–Trinajstić information content (AvgIpc) is 3.11. The fourth-order valence-corrected chi connectivity index (χ4v) is 3.51. The van der Waals surface area contributed by atoms with Crippen molar-refractivity contribution in [2.45, 2.75) is 6.42 Å². The van der Waals surface area contributed by atoms with Gasteiger partial charge in [0.15, 0.2) is 0 Å². The molecule has 2 aliphatic heterocycles. The predicted octanol–water partition coefficient (Wildman–Crippen LogP) is 2.73. The summed E-state index contributed by atoms with van der Waals surface area (Å²) in [6.07, 6.45) is 0.898. The molecule has 1 amide bonds. The van der Waals surface area contributed by atoms with Gasteiger partial charge in [0, 0.05) is 36.6 Å². The van der Waals surface area contributed by atoms with Crippen molar-refractivity contribution >= 4 is 17.3 Å². The Kier molecular flexibility index (Phi) is 4.32. The van der Waals surface area contributed by atoms with E-state index in [2.05, 4.69) is 23.1 Å². The third kappa shape index (κ3) is 3.07. The van der Waals surface area contributed by atoms with Crippen LogP contribution in [0.15, 0.2) is 42.5 Å². The molecule has 0 unspecified atom stereocenters. The topological polar surface area (TPSA) is 42.0 Å². The Bertz CT molecular complexity index is 767. The number of methoxy groups -OCH3 is 1. The summed E-state index contributed by atoms with van der Waals surface area (Å²) in [4.78, 5) is 17.1. The number of hydrogen-bond donors (Lipinski definition) is 0. The largest absolute Gasteiger partial charge is 0.497 e. The van der Waals surface area contributed by atoms with Crippen molar-refractivity contribution in [2.24, 2.45) is 0 Å². The van der Waals surface area contributed by atoms with Crippen LogP contribution in [0, 0.1) is 0 Å². The summed E-state index contributed by atoms with van der Waals surface area (Å²) in [5, 5.41) is 0. The first-order valence-corrected chi connectivity index (χ1v) is 8.68. The maximum absolute atomic E-state index is 12.9. The minimum atomic E-state index is 0.0422. The fraction of sp³-hybridized carbons (Fsp3) is 0.350. The van der Waals surface area contributed by atoms with Crippen LogP contribution >= 0.6 is 0 Å². The zero-order valence-corrected chi connectivity index (χ0v) is 14.4. The summed E-state index contributed by atoms with van der Waals surface area (Å²) in [7, 11) is 1.62. The van der Waals surface area contributed by atoms with Crippen molar-refractivity contribution in [3.8, 4) is 5.75 Å². The minimum Gasteiger partial charge on any atom is -0.497 e. The van der Waals surface area contributed by atoms with E-state index in [4.69, 9.17) is 9.47 Å². The number of anilines is 2. The molecule has 2 aromatic carbocycles. The Balaban J connectivity index is 1.55. The van der Waals surface area contributed by atoms with E-state index in [-0.39, 0.29) is 5.91 Å². The summed E-state index contributed by atoms with van der Waals surface area (Å²) >= 11 is 0. The van der Waals surface area contributed by atoms with Crippen molar-refractivity contribution in [3.05, 3.63) is 53.6 Å². The Hall–Kier alpha value is -2.53. The summed E-state index contributed by atoms with van der Waals surface area (Å²) in [5.41, 5.74) is 4.18. The second kappa shape index (κ2) is 6.76. The number of hydrogen-bond acceptors (Lipinski definition) is 4. The van der Waals surface area contributed by atoms with Crippen LogP contribution in [-0.2, 0) is 11.2 Å². The normalized spacial score (nSPS) is 16.7. The van der Waals surface area contributed by atoms with Crippen LogP contribution in [-0.4, -0.2) is 45.9 Å². The SMILES string of the molecule is COc1ccc(C(=O)N2CCc3cc(N4CCOCC4)ccc32)cc1. The van der Waals surface area contributed by atoms with Gasteiger partial charge in [-0.2, -0.15) is 0 Å². The maximum Gasteiger partial charge on any atom is 0.258 e. The molecule has 0 saturated carbocycles. The zero-order chi connectivity index (χ0) is 17.2.